The first-order chi connectivity index (χ1) is 13.4. The second kappa shape index (κ2) is 7.26. The number of benzene rings is 3. The van der Waals surface area contributed by atoms with Gasteiger partial charge in [-0.3, -0.25) is 4.57 Å². The quantitative estimate of drug-likeness (QED) is 0.462. The average Bonchev–Trinajstić information content (AvgIpc) is 3.14. The van der Waals surface area contributed by atoms with Gasteiger partial charge in [0.1, 0.15) is 5.82 Å². The van der Waals surface area contributed by atoms with Crippen LogP contribution in [0.3, 0.4) is 0 Å². The van der Waals surface area contributed by atoms with E-state index in [2.05, 4.69) is 0 Å². The molecule has 0 unspecified atom stereocenters. The molecule has 28 heavy (non-hydrogen) atoms. The standard InChI is InChI=1S/C22H17ClN2O2S/c1-28(26,27)18-13-11-17(12-14-18)22-24-20(16-7-3-2-4-8-16)15-25(22)21-10-6-5-9-19(21)23/h2-15H,1H3. The van der Waals surface area contributed by atoms with Gasteiger partial charge >= 0.3 is 0 Å². The number of imidazole rings is 1. The fourth-order valence-electron chi connectivity index (χ4n) is 3.01. The lowest BCUT2D eigenvalue weighted by molar-refractivity contribution is 0.602. The summed E-state index contributed by atoms with van der Waals surface area (Å²) >= 11 is 6.43. The molecule has 0 aliphatic heterocycles. The van der Waals surface area contributed by atoms with Crippen molar-refractivity contribution in [3.63, 3.8) is 0 Å². The summed E-state index contributed by atoms with van der Waals surface area (Å²) in [5, 5.41) is 0.605. The smallest absolute Gasteiger partial charge is 0.175 e. The van der Waals surface area contributed by atoms with Crippen LogP contribution in [0.5, 0.6) is 0 Å². The Bertz CT molecular complexity index is 1230. The molecule has 0 saturated heterocycles. The van der Waals surface area contributed by atoms with E-state index >= 15 is 0 Å². The lowest BCUT2D eigenvalue weighted by atomic mass is 10.2. The first-order valence-electron chi connectivity index (χ1n) is 8.64. The van der Waals surface area contributed by atoms with E-state index in [1.54, 1.807) is 24.3 Å². The molecule has 4 aromatic rings. The van der Waals surface area contributed by atoms with Crippen LogP contribution in [0.25, 0.3) is 28.3 Å². The summed E-state index contributed by atoms with van der Waals surface area (Å²) in [7, 11) is -3.26. The lowest BCUT2D eigenvalue weighted by Crippen LogP contribution is -1.99. The molecule has 0 N–H and O–H groups in total. The van der Waals surface area contributed by atoms with Gasteiger partial charge in [0.2, 0.25) is 0 Å². The van der Waals surface area contributed by atoms with Crippen molar-refractivity contribution in [2.75, 3.05) is 6.26 Å². The highest BCUT2D eigenvalue weighted by Gasteiger charge is 2.16. The molecule has 0 aliphatic carbocycles. The highest BCUT2D eigenvalue weighted by molar-refractivity contribution is 7.90. The van der Waals surface area contributed by atoms with Crippen molar-refractivity contribution in [2.24, 2.45) is 0 Å². The van der Waals surface area contributed by atoms with E-state index in [4.69, 9.17) is 16.6 Å². The Morgan fingerprint density at radius 2 is 1.46 bits per heavy atom. The molecule has 0 saturated carbocycles. The molecule has 3 aromatic carbocycles. The van der Waals surface area contributed by atoms with Gasteiger partial charge in [0.25, 0.3) is 0 Å². The normalized spacial score (nSPS) is 11.5. The Kier molecular flexibility index (Phi) is 4.79. The molecule has 0 bridgehead atoms. The van der Waals surface area contributed by atoms with Gasteiger partial charge in [0, 0.05) is 23.6 Å². The van der Waals surface area contributed by atoms with E-state index in [9.17, 15) is 8.42 Å². The molecular formula is C22H17ClN2O2S. The second-order valence-corrected chi connectivity index (χ2v) is 8.86. The van der Waals surface area contributed by atoms with E-state index in [1.165, 1.54) is 6.26 Å². The summed E-state index contributed by atoms with van der Waals surface area (Å²) in [4.78, 5) is 5.09. The molecule has 1 aromatic heterocycles. The van der Waals surface area contributed by atoms with Crippen molar-refractivity contribution >= 4 is 21.4 Å². The monoisotopic (exact) mass is 408 g/mol. The first kappa shape index (κ1) is 18.5. The Balaban J connectivity index is 1.90. The maximum atomic E-state index is 11.8. The van der Waals surface area contributed by atoms with Crippen LogP contribution in [-0.4, -0.2) is 24.2 Å². The van der Waals surface area contributed by atoms with Crippen LogP contribution >= 0.6 is 11.6 Å². The van der Waals surface area contributed by atoms with Crippen molar-refractivity contribution in [2.45, 2.75) is 4.90 Å². The number of para-hydroxylation sites is 1. The van der Waals surface area contributed by atoms with E-state index in [0.29, 0.717) is 10.8 Å². The van der Waals surface area contributed by atoms with Gasteiger partial charge < -0.3 is 0 Å². The van der Waals surface area contributed by atoms with Crippen LogP contribution < -0.4 is 0 Å². The molecule has 0 aliphatic rings. The Labute approximate surface area is 169 Å². The van der Waals surface area contributed by atoms with Crippen molar-refractivity contribution in [1.82, 2.24) is 9.55 Å². The van der Waals surface area contributed by atoms with Crippen LogP contribution in [-0.2, 0) is 9.84 Å². The summed E-state index contributed by atoms with van der Waals surface area (Å²) in [6.45, 7) is 0. The van der Waals surface area contributed by atoms with Crippen molar-refractivity contribution < 1.29 is 8.42 Å². The summed E-state index contributed by atoms with van der Waals surface area (Å²) in [6, 6.07) is 24.1. The van der Waals surface area contributed by atoms with Gasteiger partial charge in [-0.05, 0) is 36.4 Å². The zero-order chi connectivity index (χ0) is 19.7. The van der Waals surface area contributed by atoms with Gasteiger partial charge in [-0.15, -0.1) is 0 Å². The number of rotatable bonds is 4. The number of nitrogens with zero attached hydrogens (tertiary/aromatic N) is 2. The number of sulfone groups is 1. The fraction of sp³-hybridized carbons (Fsp3) is 0.0455. The molecule has 0 fully saturated rings. The highest BCUT2D eigenvalue weighted by atomic mass is 35.5. The minimum Gasteiger partial charge on any atom is -0.298 e. The molecule has 6 heteroatoms. The van der Waals surface area contributed by atoms with Gasteiger partial charge in [-0.25, -0.2) is 13.4 Å². The van der Waals surface area contributed by atoms with Gasteiger partial charge in [0.05, 0.1) is 21.3 Å². The van der Waals surface area contributed by atoms with Crippen molar-refractivity contribution in [3.8, 4) is 28.3 Å². The molecule has 0 spiro atoms. The maximum absolute atomic E-state index is 11.8. The maximum Gasteiger partial charge on any atom is 0.175 e. The molecule has 140 valence electrons. The number of aromatic nitrogens is 2. The third kappa shape index (κ3) is 3.59. The predicted octanol–water partition coefficient (Wildman–Crippen LogP) is 5.26. The van der Waals surface area contributed by atoms with Crippen molar-refractivity contribution in [3.05, 3.63) is 90.1 Å². The van der Waals surface area contributed by atoms with Crippen LogP contribution in [0.1, 0.15) is 0 Å². The molecule has 4 nitrogen and oxygen atoms in total. The minimum absolute atomic E-state index is 0.274. The number of hydrogen-bond acceptors (Lipinski definition) is 3. The van der Waals surface area contributed by atoms with Gasteiger partial charge in [-0.1, -0.05) is 54.1 Å². The summed E-state index contributed by atoms with van der Waals surface area (Å²) in [5.41, 5.74) is 3.40. The third-order valence-electron chi connectivity index (χ3n) is 4.43. The lowest BCUT2D eigenvalue weighted by Gasteiger charge is -2.10. The van der Waals surface area contributed by atoms with Crippen LogP contribution in [0.15, 0.2) is 90.0 Å². The van der Waals surface area contributed by atoms with E-state index in [-0.39, 0.29) is 4.90 Å². The summed E-state index contributed by atoms with van der Waals surface area (Å²) in [5.74, 6) is 0.687. The highest BCUT2D eigenvalue weighted by Crippen LogP contribution is 2.31. The molecule has 0 radical (unpaired) electrons. The number of hydrogen-bond donors (Lipinski definition) is 0. The van der Waals surface area contributed by atoms with Crippen LogP contribution in [0.2, 0.25) is 5.02 Å². The molecule has 0 amide bonds. The van der Waals surface area contributed by atoms with E-state index in [1.807, 2.05) is 65.4 Å². The molecule has 4 rings (SSSR count). The Morgan fingerprint density at radius 3 is 2.11 bits per heavy atom. The molecule has 0 atom stereocenters. The first-order valence-corrected chi connectivity index (χ1v) is 10.9. The zero-order valence-electron chi connectivity index (χ0n) is 15.1. The third-order valence-corrected chi connectivity index (χ3v) is 5.88. The van der Waals surface area contributed by atoms with Gasteiger partial charge in [0.15, 0.2) is 9.84 Å². The predicted molar refractivity (Wildman–Crippen MR) is 113 cm³/mol. The summed E-state index contributed by atoms with van der Waals surface area (Å²) in [6.07, 6.45) is 3.14. The number of halogens is 1. The zero-order valence-corrected chi connectivity index (χ0v) is 16.7. The molecule has 1 heterocycles. The largest absolute Gasteiger partial charge is 0.298 e. The van der Waals surface area contributed by atoms with E-state index in [0.717, 1.165) is 22.5 Å². The summed E-state index contributed by atoms with van der Waals surface area (Å²) < 4.78 is 25.5. The SMILES string of the molecule is CS(=O)(=O)c1ccc(-c2nc(-c3ccccc3)cn2-c2ccccc2Cl)cc1. The van der Waals surface area contributed by atoms with E-state index < -0.39 is 9.84 Å². The minimum atomic E-state index is -3.26. The average molecular weight is 409 g/mol. The van der Waals surface area contributed by atoms with Crippen LogP contribution in [0, 0.1) is 0 Å². The topological polar surface area (TPSA) is 52.0 Å². The Hall–Kier alpha value is -2.89. The van der Waals surface area contributed by atoms with Gasteiger partial charge in [-0.2, -0.15) is 0 Å². The molecular weight excluding hydrogens is 392 g/mol. The fourth-order valence-corrected chi connectivity index (χ4v) is 3.87. The Morgan fingerprint density at radius 1 is 0.821 bits per heavy atom. The second-order valence-electron chi connectivity index (χ2n) is 6.43. The van der Waals surface area contributed by atoms with Crippen molar-refractivity contribution in [1.29, 1.82) is 0 Å². The van der Waals surface area contributed by atoms with Crippen LogP contribution in [0.4, 0.5) is 0 Å².